The summed E-state index contributed by atoms with van der Waals surface area (Å²) in [5.74, 6) is 1.71. The summed E-state index contributed by atoms with van der Waals surface area (Å²) in [4.78, 5) is 11.9. The molecule has 0 aliphatic heterocycles. The number of benzene rings is 1. The molecule has 0 unspecified atom stereocenters. The van der Waals surface area contributed by atoms with E-state index in [0.717, 1.165) is 26.9 Å². The summed E-state index contributed by atoms with van der Waals surface area (Å²) in [6.07, 6.45) is 0.802. The van der Waals surface area contributed by atoms with Crippen LogP contribution >= 0.6 is 43.6 Å². The Labute approximate surface area is 128 Å². The third-order valence-corrected chi connectivity index (χ3v) is 4.37. The summed E-state index contributed by atoms with van der Waals surface area (Å²) in [6, 6.07) is 5.48. The smallest absolute Gasteiger partial charge is 0.252 e. The van der Waals surface area contributed by atoms with Crippen molar-refractivity contribution in [2.24, 2.45) is 0 Å². The number of aliphatic hydroxyl groups is 1. The lowest BCUT2D eigenvalue weighted by atomic mass is 10.2. The van der Waals surface area contributed by atoms with Gasteiger partial charge in [0.25, 0.3) is 5.91 Å². The van der Waals surface area contributed by atoms with Crippen molar-refractivity contribution in [3.05, 3.63) is 32.7 Å². The predicted molar refractivity (Wildman–Crippen MR) is 83.2 cm³/mol. The van der Waals surface area contributed by atoms with E-state index in [-0.39, 0.29) is 12.5 Å². The number of hydrogen-bond acceptors (Lipinski definition) is 3. The Bertz CT molecular complexity index is 402. The van der Waals surface area contributed by atoms with Crippen molar-refractivity contribution >= 4 is 49.5 Å². The molecule has 1 aromatic carbocycles. The third-order valence-electron chi connectivity index (χ3n) is 2.15. The van der Waals surface area contributed by atoms with Gasteiger partial charge in [-0.05, 0) is 46.3 Å². The maximum absolute atomic E-state index is 11.9. The van der Waals surface area contributed by atoms with Gasteiger partial charge in [0, 0.05) is 27.8 Å². The Morgan fingerprint density at radius 1 is 1.33 bits per heavy atom. The maximum atomic E-state index is 11.9. The molecule has 0 bridgehead atoms. The summed E-state index contributed by atoms with van der Waals surface area (Å²) in [5, 5.41) is 11.5. The number of halogens is 2. The first kappa shape index (κ1) is 16.0. The minimum atomic E-state index is -0.0721. The molecule has 0 saturated carbocycles. The number of thioether (sulfide) groups is 1. The molecule has 0 atom stereocenters. The van der Waals surface area contributed by atoms with Crippen LogP contribution in [-0.4, -0.2) is 35.7 Å². The fourth-order valence-corrected chi connectivity index (χ4v) is 3.29. The van der Waals surface area contributed by atoms with Crippen molar-refractivity contribution in [1.82, 2.24) is 5.32 Å². The normalized spacial score (nSPS) is 10.4. The number of aliphatic hydroxyl groups excluding tert-OH is 1. The highest BCUT2D eigenvalue weighted by molar-refractivity contribution is 9.11. The second-order valence-electron chi connectivity index (χ2n) is 3.57. The van der Waals surface area contributed by atoms with Crippen LogP contribution in [0.3, 0.4) is 0 Å². The van der Waals surface area contributed by atoms with E-state index in [2.05, 4.69) is 37.2 Å². The van der Waals surface area contributed by atoms with Gasteiger partial charge in [-0.15, -0.1) is 0 Å². The number of amides is 1. The van der Waals surface area contributed by atoms with E-state index in [4.69, 9.17) is 5.11 Å². The Kier molecular flexibility index (Phi) is 7.97. The SMILES string of the molecule is O=C(NCCSCCCO)c1ccc(Br)cc1Br. The van der Waals surface area contributed by atoms with Gasteiger partial charge in [0.05, 0.1) is 5.56 Å². The molecule has 100 valence electrons. The summed E-state index contributed by atoms with van der Waals surface area (Å²) < 4.78 is 1.72. The number of nitrogens with one attached hydrogen (secondary N) is 1. The van der Waals surface area contributed by atoms with Crippen molar-refractivity contribution in [1.29, 1.82) is 0 Å². The van der Waals surface area contributed by atoms with Crippen LogP contribution in [0.4, 0.5) is 0 Å². The zero-order valence-corrected chi connectivity index (χ0v) is 13.8. The average molecular weight is 397 g/mol. The molecule has 0 aromatic heterocycles. The van der Waals surface area contributed by atoms with Crippen LogP contribution in [-0.2, 0) is 0 Å². The Morgan fingerprint density at radius 3 is 2.78 bits per heavy atom. The molecular formula is C12H15Br2NO2S. The highest BCUT2D eigenvalue weighted by Crippen LogP contribution is 2.21. The van der Waals surface area contributed by atoms with E-state index in [9.17, 15) is 4.79 Å². The molecule has 3 nitrogen and oxygen atoms in total. The molecule has 0 fully saturated rings. The minimum Gasteiger partial charge on any atom is -0.396 e. The topological polar surface area (TPSA) is 49.3 Å². The van der Waals surface area contributed by atoms with Gasteiger partial charge in [0.1, 0.15) is 0 Å². The van der Waals surface area contributed by atoms with Crippen molar-refractivity contribution in [3.63, 3.8) is 0 Å². The lowest BCUT2D eigenvalue weighted by molar-refractivity contribution is 0.0955. The van der Waals surface area contributed by atoms with E-state index in [1.807, 2.05) is 12.1 Å². The molecule has 0 heterocycles. The third kappa shape index (κ3) is 5.73. The molecule has 0 saturated heterocycles. The van der Waals surface area contributed by atoms with Gasteiger partial charge in [-0.2, -0.15) is 11.8 Å². The van der Waals surface area contributed by atoms with E-state index in [0.29, 0.717) is 12.1 Å². The molecule has 2 N–H and O–H groups in total. The molecule has 6 heteroatoms. The van der Waals surface area contributed by atoms with Crippen LogP contribution in [0.1, 0.15) is 16.8 Å². The Morgan fingerprint density at radius 2 is 2.11 bits per heavy atom. The van der Waals surface area contributed by atoms with Crippen LogP contribution in [0, 0.1) is 0 Å². The summed E-state index contributed by atoms with van der Waals surface area (Å²) in [7, 11) is 0. The van der Waals surface area contributed by atoms with Gasteiger partial charge in [-0.3, -0.25) is 4.79 Å². The van der Waals surface area contributed by atoms with Crippen molar-refractivity contribution in [3.8, 4) is 0 Å². The molecule has 0 aliphatic rings. The quantitative estimate of drug-likeness (QED) is 0.696. The first-order valence-electron chi connectivity index (χ1n) is 5.57. The lowest BCUT2D eigenvalue weighted by Gasteiger charge is -2.07. The van der Waals surface area contributed by atoms with Gasteiger partial charge >= 0.3 is 0 Å². The molecule has 1 amide bonds. The largest absolute Gasteiger partial charge is 0.396 e. The van der Waals surface area contributed by atoms with Crippen LogP contribution in [0.25, 0.3) is 0 Å². The summed E-state index contributed by atoms with van der Waals surface area (Å²) in [6.45, 7) is 0.864. The fourth-order valence-electron chi connectivity index (χ4n) is 1.27. The molecule has 1 rings (SSSR count). The number of hydrogen-bond donors (Lipinski definition) is 2. The van der Waals surface area contributed by atoms with Gasteiger partial charge in [0.15, 0.2) is 0 Å². The van der Waals surface area contributed by atoms with E-state index in [1.54, 1.807) is 17.8 Å². The van der Waals surface area contributed by atoms with Crippen molar-refractivity contribution < 1.29 is 9.90 Å². The highest BCUT2D eigenvalue weighted by atomic mass is 79.9. The number of carbonyl (C=O) groups is 1. The zero-order valence-electron chi connectivity index (χ0n) is 9.79. The molecule has 0 aliphatic carbocycles. The second kappa shape index (κ2) is 8.96. The molecule has 18 heavy (non-hydrogen) atoms. The monoisotopic (exact) mass is 395 g/mol. The fraction of sp³-hybridized carbons (Fsp3) is 0.417. The standard InChI is InChI=1S/C12H15Br2NO2S/c13-9-2-3-10(11(14)8-9)12(17)15-4-7-18-6-1-5-16/h2-3,8,16H,1,4-7H2,(H,15,17). The van der Waals surface area contributed by atoms with Crippen molar-refractivity contribution in [2.75, 3.05) is 24.7 Å². The Hall–Kier alpha value is -0.0400. The zero-order chi connectivity index (χ0) is 13.4. The molecule has 0 radical (unpaired) electrons. The maximum Gasteiger partial charge on any atom is 0.252 e. The van der Waals surface area contributed by atoms with Gasteiger partial charge in [-0.1, -0.05) is 15.9 Å². The van der Waals surface area contributed by atoms with Gasteiger partial charge < -0.3 is 10.4 Å². The van der Waals surface area contributed by atoms with Crippen LogP contribution in [0.2, 0.25) is 0 Å². The second-order valence-corrected chi connectivity index (χ2v) is 6.56. The van der Waals surface area contributed by atoms with Gasteiger partial charge in [0.2, 0.25) is 0 Å². The van der Waals surface area contributed by atoms with Crippen molar-refractivity contribution in [2.45, 2.75) is 6.42 Å². The number of carbonyl (C=O) groups excluding carboxylic acids is 1. The molecule has 1 aromatic rings. The first-order chi connectivity index (χ1) is 8.65. The first-order valence-corrected chi connectivity index (χ1v) is 8.31. The Balaban J connectivity index is 2.32. The average Bonchev–Trinajstić information content (AvgIpc) is 2.33. The lowest BCUT2D eigenvalue weighted by Crippen LogP contribution is -2.26. The summed E-state index contributed by atoms with van der Waals surface area (Å²) >= 11 is 8.44. The number of rotatable bonds is 7. The van der Waals surface area contributed by atoms with Gasteiger partial charge in [-0.25, -0.2) is 0 Å². The van der Waals surface area contributed by atoms with E-state index >= 15 is 0 Å². The van der Waals surface area contributed by atoms with Crippen LogP contribution in [0.15, 0.2) is 27.1 Å². The predicted octanol–water partition coefficient (Wildman–Crippen LogP) is 3.06. The van der Waals surface area contributed by atoms with E-state index < -0.39 is 0 Å². The van der Waals surface area contributed by atoms with Crippen LogP contribution < -0.4 is 5.32 Å². The summed E-state index contributed by atoms with van der Waals surface area (Å²) in [5.41, 5.74) is 0.638. The highest BCUT2D eigenvalue weighted by Gasteiger charge is 2.09. The molecular weight excluding hydrogens is 382 g/mol. The minimum absolute atomic E-state index is 0.0721. The van der Waals surface area contributed by atoms with E-state index in [1.165, 1.54) is 0 Å². The molecule has 0 spiro atoms. The van der Waals surface area contributed by atoms with Crippen LogP contribution in [0.5, 0.6) is 0 Å².